The first-order valence-electron chi connectivity index (χ1n) is 4.61. The second-order valence-electron chi connectivity index (χ2n) is 3.11. The smallest absolute Gasteiger partial charge is 0.255 e. The highest BCUT2D eigenvalue weighted by Gasteiger charge is 2.31. The molecule has 0 aromatic heterocycles. The van der Waals surface area contributed by atoms with Crippen LogP contribution < -0.4 is 5.90 Å². The topological polar surface area (TPSA) is 72.6 Å². The Labute approximate surface area is 82.5 Å². The summed E-state index contributed by atoms with van der Waals surface area (Å²) in [5, 5.41) is 0. The van der Waals surface area contributed by atoms with Crippen molar-refractivity contribution < 1.29 is 14.4 Å². The number of nitrogens with two attached hydrogens (primary N) is 1. The van der Waals surface area contributed by atoms with Crippen LogP contribution in [0.4, 0.5) is 0 Å². The summed E-state index contributed by atoms with van der Waals surface area (Å²) in [6.07, 6.45) is 4.21. The average molecular weight is 198 g/mol. The molecular weight excluding hydrogens is 184 g/mol. The molecule has 0 saturated carbocycles. The lowest BCUT2D eigenvalue weighted by molar-refractivity contribution is -0.153. The fraction of sp³-hybridized carbons (Fsp3) is 0.556. The van der Waals surface area contributed by atoms with Crippen LogP contribution in [-0.2, 0) is 14.4 Å². The molecule has 5 heteroatoms. The summed E-state index contributed by atoms with van der Waals surface area (Å²) < 4.78 is 0. The minimum absolute atomic E-state index is 0.360. The molecule has 0 saturated heterocycles. The first-order chi connectivity index (χ1) is 6.70. The van der Waals surface area contributed by atoms with Gasteiger partial charge in [0.1, 0.15) is 0 Å². The van der Waals surface area contributed by atoms with Gasteiger partial charge in [-0.15, -0.1) is 0 Å². The van der Waals surface area contributed by atoms with Crippen LogP contribution in [0, 0.1) is 0 Å². The van der Waals surface area contributed by atoms with Crippen LogP contribution in [0.25, 0.3) is 0 Å². The highest BCUT2D eigenvalue weighted by atomic mass is 16.6. The van der Waals surface area contributed by atoms with Gasteiger partial charge in [-0.05, 0) is 12.8 Å². The fourth-order valence-corrected chi connectivity index (χ4v) is 1.33. The Morgan fingerprint density at radius 3 is 2.43 bits per heavy atom. The van der Waals surface area contributed by atoms with Gasteiger partial charge >= 0.3 is 0 Å². The lowest BCUT2D eigenvalue weighted by Gasteiger charge is -2.23. The number of rotatable bonds is 5. The molecule has 0 radical (unpaired) electrons. The van der Waals surface area contributed by atoms with E-state index in [-0.39, 0.29) is 11.8 Å². The molecule has 1 aliphatic rings. The van der Waals surface area contributed by atoms with Crippen LogP contribution in [0.2, 0.25) is 0 Å². The monoisotopic (exact) mass is 198 g/mol. The largest absolute Gasteiger partial charge is 0.279 e. The third-order valence-electron chi connectivity index (χ3n) is 2.09. The number of carbonyl (C=O) groups is 2. The van der Waals surface area contributed by atoms with Crippen molar-refractivity contribution in [1.29, 1.82) is 0 Å². The average Bonchev–Trinajstić information content (AvgIpc) is 2.50. The van der Waals surface area contributed by atoms with Crippen molar-refractivity contribution in [3.8, 4) is 0 Å². The summed E-state index contributed by atoms with van der Waals surface area (Å²) in [5.41, 5.74) is 0. The zero-order valence-electron chi connectivity index (χ0n) is 8.10. The Bertz CT molecular complexity index is 245. The van der Waals surface area contributed by atoms with Gasteiger partial charge in [-0.25, -0.2) is 10.8 Å². The van der Waals surface area contributed by atoms with Gasteiger partial charge < -0.3 is 0 Å². The van der Waals surface area contributed by atoms with E-state index >= 15 is 0 Å². The van der Waals surface area contributed by atoms with E-state index in [1.807, 2.05) is 6.92 Å². The van der Waals surface area contributed by atoms with Crippen LogP contribution in [0.1, 0.15) is 26.2 Å². The van der Waals surface area contributed by atoms with Crippen LogP contribution in [0.5, 0.6) is 0 Å². The number of unbranched alkanes of at least 4 members (excludes halogenated alkanes) is 1. The third-order valence-corrected chi connectivity index (χ3v) is 2.09. The zero-order valence-corrected chi connectivity index (χ0v) is 8.10. The van der Waals surface area contributed by atoms with Crippen molar-refractivity contribution in [2.45, 2.75) is 32.4 Å². The molecule has 0 aliphatic carbocycles. The minimum Gasteiger partial charge on any atom is -0.279 e. The zero-order chi connectivity index (χ0) is 10.6. The molecule has 1 unspecified atom stereocenters. The van der Waals surface area contributed by atoms with Gasteiger partial charge in [-0.2, -0.15) is 0 Å². The van der Waals surface area contributed by atoms with E-state index < -0.39 is 6.23 Å². The van der Waals surface area contributed by atoms with Gasteiger partial charge in [-0.1, -0.05) is 13.3 Å². The highest BCUT2D eigenvalue weighted by Crippen LogP contribution is 2.14. The molecular formula is C9H14N2O3. The van der Waals surface area contributed by atoms with Crippen molar-refractivity contribution >= 4 is 11.8 Å². The Morgan fingerprint density at radius 1 is 1.43 bits per heavy atom. The maximum absolute atomic E-state index is 11.2. The molecule has 0 aromatic carbocycles. The molecule has 1 heterocycles. The first-order valence-corrected chi connectivity index (χ1v) is 4.61. The molecule has 0 fully saturated rings. The molecule has 0 spiro atoms. The molecule has 2 N–H and O–H groups in total. The summed E-state index contributed by atoms with van der Waals surface area (Å²) in [5.74, 6) is 4.32. The minimum atomic E-state index is -0.634. The Kier molecular flexibility index (Phi) is 3.79. The van der Waals surface area contributed by atoms with Gasteiger partial charge in [0.15, 0.2) is 6.23 Å². The number of imide groups is 1. The molecule has 1 aliphatic heterocycles. The number of hydrogen-bond donors (Lipinski definition) is 1. The van der Waals surface area contributed by atoms with Crippen LogP contribution in [0.3, 0.4) is 0 Å². The number of nitrogens with zero attached hydrogens (tertiary/aromatic N) is 1. The summed E-state index contributed by atoms with van der Waals surface area (Å²) in [7, 11) is 0. The van der Waals surface area contributed by atoms with Crippen molar-refractivity contribution in [3.63, 3.8) is 0 Å². The maximum Gasteiger partial charge on any atom is 0.255 e. The van der Waals surface area contributed by atoms with Crippen LogP contribution in [0.15, 0.2) is 12.2 Å². The predicted molar refractivity (Wildman–Crippen MR) is 49.6 cm³/mol. The van der Waals surface area contributed by atoms with Crippen molar-refractivity contribution in [2.75, 3.05) is 0 Å². The van der Waals surface area contributed by atoms with Crippen molar-refractivity contribution in [3.05, 3.63) is 12.2 Å². The molecule has 0 aromatic rings. The fourth-order valence-electron chi connectivity index (χ4n) is 1.33. The van der Waals surface area contributed by atoms with E-state index in [1.54, 1.807) is 0 Å². The predicted octanol–water partition coefficient (Wildman–Crippen LogP) is 0.318. The van der Waals surface area contributed by atoms with Gasteiger partial charge in [0.2, 0.25) is 0 Å². The summed E-state index contributed by atoms with van der Waals surface area (Å²) in [6, 6.07) is 0. The van der Waals surface area contributed by atoms with E-state index in [1.165, 1.54) is 12.2 Å². The second kappa shape index (κ2) is 4.88. The quantitative estimate of drug-likeness (QED) is 0.510. The van der Waals surface area contributed by atoms with Gasteiger partial charge in [0.05, 0.1) is 0 Å². The first kappa shape index (κ1) is 10.9. The van der Waals surface area contributed by atoms with Crippen molar-refractivity contribution in [2.24, 2.45) is 5.90 Å². The van der Waals surface area contributed by atoms with Crippen LogP contribution in [-0.4, -0.2) is 22.9 Å². The maximum atomic E-state index is 11.2. The lowest BCUT2D eigenvalue weighted by Crippen LogP contribution is -2.43. The molecule has 2 amide bonds. The Hall–Kier alpha value is -1.20. The van der Waals surface area contributed by atoms with E-state index in [0.29, 0.717) is 6.42 Å². The van der Waals surface area contributed by atoms with E-state index in [4.69, 9.17) is 5.90 Å². The summed E-state index contributed by atoms with van der Waals surface area (Å²) in [6.45, 7) is 2.01. The normalized spacial score (nSPS) is 18.0. The molecule has 78 valence electrons. The van der Waals surface area contributed by atoms with E-state index in [0.717, 1.165) is 17.7 Å². The number of hydrogen-bond acceptors (Lipinski definition) is 4. The van der Waals surface area contributed by atoms with E-state index in [9.17, 15) is 9.59 Å². The number of carbonyl (C=O) groups excluding carboxylic acids is 2. The van der Waals surface area contributed by atoms with Crippen molar-refractivity contribution in [1.82, 2.24) is 4.90 Å². The van der Waals surface area contributed by atoms with Gasteiger partial charge in [-0.3, -0.25) is 14.4 Å². The molecule has 5 nitrogen and oxygen atoms in total. The SMILES string of the molecule is CCCCC(ON)N1C(=O)C=CC1=O. The number of amides is 2. The Morgan fingerprint density at radius 2 is 2.00 bits per heavy atom. The van der Waals surface area contributed by atoms with Gasteiger partial charge in [0.25, 0.3) is 11.8 Å². The standard InChI is InChI=1S/C9H14N2O3/c1-2-3-4-9(14-10)11-7(12)5-6-8(11)13/h5-6,9H,2-4,10H2,1H3. The third kappa shape index (κ3) is 2.18. The van der Waals surface area contributed by atoms with Crippen LogP contribution >= 0.6 is 0 Å². The summed E-state index contributed by atoms with van der Waals surface area (Å²) in [4.78, 5) is 28.1. The lowest BCUT2D eigenvalue weighted by atomic mass is 10.2. The molecule has 14 heavy (non-hydrogen) atoms. The molecule has 1 atom stereocenters. The van der Waals surface area contributed by atoms with Gasteiger partial charge in [0, 0.05) is 12.2 Å². The molecule has 0 bridgehead atoms. The Balaban J connectivity index is 2.60. The summed E-state index contributed by atoms with van der Waals surface area (Å²) >= 11 is 0. The van der Waals surface area contributed by atoms with E-state index in [2.05, 4.69) is 4.84 Å². The highest BCUT2D eigenvalue weighted by molar-refractivity contribution is 6.13. The molecule has 1 rings (SSSR count). The second-order valence-corrected chi connectivity index (χ2v) is 3.11.